The largest absolute Gasteiger partial charge is 0.462 e. The molecule has 0 atom stereocenters. The fourth-order valence-electron chi connectivity index (χ4n) is 1.56. The number of nitrogen functional groups attached to an aromatic ring is 1. The van der Waals surface area contributed by atoms with Crippen molar-refractivity contribution in [3.05, 3.63) is 33.5 Å². The SMILES string of the molecule is CCOC(=O)c1cnc2ccc(I)cc2c1N. The van der Waals surface area contributed by atoms with E-state index in [-0.39, 0.29) is 0 Å². The summed E-state index contributed by atoms with van der Waals surface area (Å²) in [5, 5.41) is 0.780. The highest BCUT2D eigenvalue weighted by atomic mass is 127. The van der Waals surface area contributed by atoms with E-state index in [0.717, 1.165) is 14.5 Å². The average Bonchev–Trinajstić information content (AvgIpc) is 2.30. The molecule has 4 nitrogen and oxygen atoms in total. The summed E-state index contributed by atoms with van der Waals surface area (Å²) in [7, 11) is 0. The van der Waals surface area contributed by atoms with Gasteiger partial charge in [0.2, 0.25) is 0 Å². The molecule has 17 heavy (non-hydrogen) atoms. The van der Waals surface area contributed by atoms with Crippen LogP contribution in [0.1, 0.15) is 17.3 Å². The maximum absolute atomic E-state index is 11.7. The smallest absolute Gasteiger partial charge is 0.341 e. The van der Waals surface area contributed by atoms with Gasteiger partial charge in [-0.15, -0.1) is 0 Å². The number of carbonyl (C=O) groups excluding carboxylic acids is 1. The zero-order chi connectivity index (χ0) is 12.4. The number of hydrogen-bond donors (Lipinski definition) is 1. The molecule has 0 radical (unpaired) electrons. The van der Waals surface area contributed by atoms with E-state index in [1.165, 1.54) is 6.20 Å². The first-order valence-corrected chi connectivity index (χ1v) is 6.22. The highest BCUT2D eigenvalue weighted by Crippen LogP contribution is 2.25. The number of anilines is 1. The van der Waals surface area contributed by atoms with E-state index < -0.39 is 5.97 Å². The first-order chi connectivity index (χ1) is 8.13. The zero-order valence-corrected chi connectivity index (χ0v) is 11.4. The molecule has 0 spiro atoms. The molecular formula is C12H11IN2O2. The third kappa shape index (κ3) is 2.33. The number of rotatable bonds is 2. The first kappa shape index (κ1) is 12.1. The lowest BCUT2D eigenvalue weighted by Crippen LogP contribution is -2.09. The standard InChI is InChI=1S/C12H11IN2O2/c1-2-17-12(16)9-6-15-10-4-3-7(13)5-8(10)11(9)14/h3-6H,2H2,1H3,(H2,14,15). The number of hydrogen-bond acceptors (Lipinski definition) is 4. The van der Waals surface area contributed by atoms with E-state index in [4.69, 9.17) is 10.5 Å². The van der Waals surface area contributed by atoms with Crippen molar-refractivity contribution in [2.75, 3.05) is 12.3 Å². The molecule has 5 heteroatoms. The lowest BCUT2D eigenvalue weighted by Gasteiger charge is -2.08. The van der Waals surface area contributed by atoms with Gasteiger partial charge >= 0.3 is 5.97 Å². The molecule has 2 rings (SSSR count). The molecule has 0 bridgehead atoms. The molecule has 2 N–H and O–H groups in total. The van der Waals surface area contributed by atoms with Crippen molar-refractivity contribution < 1.29 is 9.53 Å². The van der Waals surface area contributed by atoms with Gasteiger partial charge in [-0.1, -0.05) is 0 Å². The van der Waals surface area contributed by atoms with Crippen molar-refractivity contribution in [2.45, 2.75) is 6.92 Å². The number of aromatic nitrogens is 1. The van der Waals surface area contributed by atoms with Crippen LogP contribution in [0.5, 0.6) is 0 Å². The van der Waals surface area contributed by atoms with E-state index in [2.05, 4.69) is 27.6 Å². The molecule has 0 aliphatic carbocycles. The predicted octanol–water partition coefficient (Wildman–Crippen LogP) is 2.60. The third-order valence-corrected chi connectivity index (χ3v) is 3.04. The summed E-state index contributed by atoms with van der Waals surface area (Å²) in [5.41, 5.74) is 7.49. The molecule has 0 saturated heterocycles. The van der Waals surface area contributed by atoms with Crippen LogP contribution in [-0.2, 0) is 4.74 Å². The number of carbonyl (C=O) groups is 1. The molecule has 88 valence electrons. The zero-order valence-electron chi connectivity index (χ0n) is 9.24. The Labute approximate surface area is 112 Å². The lowest BCUT2D eigenvalue weighted by atomic mass is 10.1. The highest BCUT2D eigenvalue weighted by molar-refractivity contribution is 14.1. The van der Waals surface area contributed by atoms with E-state index in [9.17, 15) is 4.79 Å². The highest BCUT2D eigenvalue weighted by Gasteiger charge is 2.14. The number of nitrogens with two attached hydrogens (primary N) is 1. The number of esters is 1. The lowest BCUT2D eigenvalue weighted by molar-refractivity contribution is 0.0527. The van der Waals surface area contributed by atoms with E-state index >= 15 is 0 Å². The van der Waals surface area contributed by atoms with Gasteiger partial charge in [-0.2, -0.15) is 0 Å². The van der Waals surface area contributed by atoms with Crippen molar-refractivity contribution >= 4 is 45.2 Å². The summed E-state index contributed by atoms with van der Waals surface area (Å²) in [4.78, 5) is 15.9. The topological polar surface area (TPSA) is 65.2 Å². The van der Waals surface area contributed by atoms with Crippen LogP contribution in [0.2, 0.25) is 0 Å². The monoisotopic (exact) mass is 342 g/mol. The number of fused-ring (bicyclic) bond motifs is 1. The Morgan fingerprint density at radius 3 is 3.00 bits per heavy atom. The predicted molar refractivity (Wildman–Crippen MR) is 74.8 cm³/mol. The Balaban J connectivity index is 2.60. The molecule has 0 unspecified atom stereocenters. The van der Waals surface area contributed by atoms with Gasteiger partial charge < -0.3 is 10.5 Å². The summed E-state index contributed by atoms with van der Waals surface area (Å²) in [6, 6.07) is 5.72. The Kier molecular flexibility index (Phi) is 3.46. The number of nitrogens with zero attached hydrogens (tertiary/aromatic N) is 1. The summed E-state index contributed by atoms with van der Waals surface area (Å²) >= 11 is 2.19. The van der Waals surface area contributed by atoms with Crippen LogP contribution >= 0.6 is 22.6 Å². The minimum absolute atomic E-state index is 0.321. The van der Waals surface area contributed by atoms with Gasteiger partial charge in [-0.05, 0) is 47.7 Å². The number of pyridine rings is 1. The van der Waals surface area contributed by atoms with Gasteiger partial charge in [-0.3, -0.25) is 4.98 Å². The van der Waals surface area contributed by atoms with Crippen LogP contribution in [0, 0.1) is 3.57 Å². The van der Waals surface area contributed by atoms with Gasteiger partial charge in [0.25, 0.3) is 0 Å². The van der Waals surface area contributed by atoms with Crippen molar-refractivity contribution in [1.29, 1.82) is 0 Å². The second-order valence-corrected chi connectivity index (χ2v) is 4.71. The fraction of sp³-hybridized carbons (Fsp3) is 0.167. The Bertz CT molecular complexity index is 584. The van der Waals surface area contributed by atoms with Crippen LogP contribution in [0.3, 0.4) is 0 Å². The summed E-state index contributed by atoms with van der Waals surface area (Å²) in [6.07, 6.45) is 1.46. The van der Waals surface area contributed by atoms with Gasteiger partial charge in [-0.25, -0.2) is 4.79 Å². The van der Waals surface area contributed by atoms with Crippen LogP contribution in [0.15, 0.2) is 24.4 Å². The molecule has 0 amide bonds. The maximum Gasteiger partial charge on any atom is 0.341 e. The molecule has 2 aromatic rings. The van der Waals surface area contributed by atoms with Crippen LogP contribution in [-0.4, -0.2) is 17.6 Å². The fourth-order valence-corrected chi connectivity index (χ4v) is 2.05. The van der Waals surface area contributed by atoms with Crippen LogP contribution in [0.25, 0.3) is 10.9 Å². The molecule has 1 aromatic carbocycles. The van der Waals surface area contributed by atoms with Crippen molar-refractivity contribution in [3.63, 3.8) is 0 Å². The Hall–Kier alpha value is -1.37. The van der Waals surface area contributed by atoms with Gasteiger partial charge in [0.05, 0.1) is 17.8 Å². The van der Waals surface area contributed by atoms with E-state index in [1.54, 1.807) is 6.92 Å². The third-order valence-electron chi connectivity index (χ3n) is 2.37. The van der Waals surface area contributed by atoms with Crippen LogP contribution in [0.4, 0.5) is 5.69 Å². The second kappa shape index (κ2) is 4.87. The van der Waals surface area contributed by atoms with Crippen molar-refractivity contribution in [1.82, 2.24) is 4.98 Å². The quantitative estimate of drug-likeness (QED) is 0.673. The molecule has 0 aliphatic heterocycles. The van der Waals surface area contributed by atoms with Gasteiger partial charge in [0.1, 0.15) is 5.56 Å². The van der Waals surface area contributed by atoms with Gasteiger partial charge in [0, 0.05) is 15.2 Å². The number of halogens is 1. The molecular weight excluding hydrogens is 331 g/mol. The van der Waals surface area contributed by atoms with Crippen molar-refractivity contribution in [3.8, 4) is 0 Å². The molecule has 1 aromatic heterocycles. The second-order valence-electron chi connectivity index (χ2n) is 3.47. The summed E-state index contributed by atoms with van der Waals surface area (Å²) in [5.74, 6) is -0.432. The minimum Gasteiger partial charge on any atom is -0.462 e. The summed E-state index contributed by atoms with van der Waals surface area (Å²) in [6.45, 7) is 2.08. The normalized spacial score (nSPS) is 10.5. The Morgan fingerprint density at radius 1 is 1.53 bits per heavy atom. The average molecular weight is 342 g/mol. The van der Waals surface area contributed by atoms with E-state index in [1.807, 2.05) is 18.2 Å². The van der Waals surface area contributed by atoms with Gasteiger partial charge in [0.15, 0.2) is 0 Å². The Morgan fingerprint density at radius 2 is 2.29 bits per heavy atom. The maximum atomic E-state index is 11.7. The van der Waals surface area contributed by atoms with Crippen LogP contribution < -0.4 is 5.73 Å². The molecule has 1 heterocycles. The number of benzene rings is 1. The van der Waals surface area contributed by atoms with E-state index in [0.29, 0.717) is 17.9 Å². The van der Waals surface area contributed by atoms with Crippen molar-refractivity contribution in [2.24, 2.45) is 0 Å². The molecule has 0 saturated carbocycles. The molecule has 0 fully saturated rings. The molecule has 0 aliphatic rings. The number of ether oxygens (including phenoxy) is 1. The minimum atomic E-state index is -0.432. The first-order valence-electron chi connectivity index (χ1n) is 5.14. The summed E-state index contributed by atoms with van der Waals surface area (Å²) < 4.78 is 5.97.